The Balaban J connectivity index is 2.66. The van der Waals surface area contributed by atoms with Crippen LogP contribution < -0.4 is 10.6 Å². The summed E-state index contributed by atoms with van der Waals surface area (Å²) < 4.78 is 13.9. The average Bonchev–Trinajstić information content (AvgIpc) is 2.38. The maximum atomic E-state index is 13.9. The van der Waals surface area contributed by atoms with Crippen LogP contribution in [0.15, 0.2) is 6.33 Å². The predicted molar refractivity (Wildman–Crippen MR) is 72.3 cm³/mol. The Kier molecular flexibility index (Phi) is 5.66. The molecule has 1 heterocycles. The van der Waals surface area contributed by atoms with E-state index < -0.39 is 11.9 Å². The van der Waals surface area contributed by atoms with Gasteiger partial charge in [0.15, 0.2) is 11.6 Å². The highest BCUT2D eigenvalue weighted by Gasteiger charge is 2.17. The van der Waals surface area contributed by atoms with Crippen LogP contribution in [0.4, 0.5) is 10.2 Å². The van der Waals surface area contributed by atoms with Gasteiger partial charge in [0.05, 0.1) is 5.69 Å². The highest BCUT2D eigenvalue weighted by atomic mass is 19.1. The zero-order valence-electron chi connectivity index (χ0n) is 11.8. The zero-order chi connectivity index (χ0) is 14.4. The Morgan fingerprint density at radius 1 is 1.37 bits per heavy atom. The number of halogens is 1. The average molecular weight is 268 g/mol. The number of aryl methyl sites for hydroxylation is 1. The van der Waals surface area contributed by atoms with Crippen LogP contribution in [0.25, 0.3) is 0 Å². The number of carbonyl (C=O) groups is 1. The van der Waals surface area contributed by atoms with Gasteiger partial charge in [-0.05, 0) is 19.3 Å². The van der Waals surface area contributed by atoms with Crippen LogP contribution in [-0.4, -0.2) is 28.5 Å². The molecular weight excluding hydrogens is 247 g/mol. The van der Waals surface area contributed by atoms with Gasteiger partial charge in [-0.1, -0.05) is 20.8 Å². The lowest BCUT2D eigenvalue weighted by molar-refractivity contribution is -0.121. The summed E-state index contributed by atoms with van der Waals surface area (Å²) in [5.74, 6) is -0.226. The van der Waals surface area contributed by atoms with Crippen LogP contribution in [0.2, 0.25) is 0 Å². The molecule has 106 valence electrons. The standard InChI is InChI=1S/C13H21FN4O/c1-5-10-11(14)12(17-7-16-10)18-9(4)13(19)15-6-8(2)3/h7-9H,5-6H2,1-4H3,(H,15,19)(H,16,17,18). The number of rotatable bonds is 6. The second-order valence-corrected chi connectivity index (χ2v) is 4.84. The van der Waals surface area contributed by atoms with Crippen LogP contribution in [0, 0.1) is 11.7 Å². The lowest BCUT2D eigenvalue weighted by Crippen LogP contribution is -2.39. The Morgan fingerprint density at radius 2 is 2.05 bits per heavy atom. The summed E-state index contributed by atoms with van der Waals surface area (Å²) in [4.78, 5) is 19.4. The van der Waals surface area contributed by atoms with Gasteiger partial charge in [0, 0.05) is 6.54 Å². The summed E-state index contributed by atoms with van der Waals surface area (Å²) >= 11 is 0. The molecule has 2 N–H and O–H groups in total. The molecule has 5 nitrogen and oxygen atoms in total. The van der Waals surface area contributed by atoms with E-state index in [0.29, 0.717) is 24.6 Å². The number of amides is 1. The summed E-state index contributed by atoms with van der Waals surface area (Å²) in [6.07, 6.45) is 1.78. The minimum atomic E-state index is -0.548. The van der Waals surface area contributed by atoms with Gasteiger partial charge < -0.3 is 10.6 Å². The minimum Gasteiger partial charge on any atom is -0.356 e. The van der Waals surface area contributed by atoms with E-state index in [1.54, 1.807) is 6.92 Å². The van der Waals surface area contributed by atoms with E-state index in [-0.39, 0.29) is 11.7 Å². The molecule has 1 aromatic rings. The van der Waals surface area contributed by atoms with Crippen LogP contribution in [0.1, 0.15) is 33.4 Å². The van der Waals surface area contributed by atoms with Gasteiger partial charge in [-0.2, -0.15) is 0 Å². The third-order valence-electron chi connectivity index (χ3n) is 2.63. The molecule has 0 aliphatic heterocycles. The van der Waals surface area contributed by atoms with Crippen LogP contribution in [0.3, 0.4) is 0 Å². The van der Waals surface area contributed by atoms with Gasteiger partial charge in [-0.15, -0.1) is 0 Å². The van der Waals surface area contributed by atoms with Crippen molar-refractivity contribution in [1.82, 2.24) is 15.3 Å². The van der Waals surface area contributed by atoms with Crippen molar-refractivity contribution < 1.29 is 9.18 Å². The van der Waals surface area contributed by atoms with Gasteiger partial charge in [-0.25, -0.2) is 14.4 Å². The molecule has 6 heteroatoms. The molecule has 19 heavy (non-hydrogen) atoms. The summed E-state index contributed by atoms with van der Waals surface area (Å²) in [6.45, 7) is 8.10. The quantitative estimate of drug-likeness (QED) is 0.825. The SMILES string of the molecule is CCc1ncnc(NC(C)C(=O)NCC(C)C)c1F. The van der Waals surface area contributed by atoms with Crippen molar-refractivity contribution in [2.75, 3.05) is 11.9 Å². The molecule has 1 unspecified atom stereocenters. The highest BCUT2D eigenvalue weighted by molar-refractivity contribution is 5.83. The topological polar surface area (TPSA) is 66.9 Å². The van der Waals surface area contributed by atoms with Crippen molar-refractivity contribution >= 4 is 11.7 Å². The van der Waals surface area contributed by atoms with E-state index in [1.807, 2.05) is 20.8 Å². The molecule has 0 saturated carbocycles. The molecule has 1 amide bonds. The van der Waals surface area contributed by atoms with E-state index in [2.05, 4.69) is 20.6 Å². The van der Waals surface area contributed by atoms with E-state index >= 15 is 0 Å². The van der Waals surface area contributed by atoms with E-state index in [9.17, 15) is 9.18 Å². The lowest BCUT2D eigenvalue weighted by atomic mass is 10.2. The Morgan fingerprint density at radius 3 is 2.63 bits per heavy atom. The number of nitrogens with zero attached hydrogens (tertiary/aromatic N) is 2. The van der Waals surface area contributed by atoms with Crippen molar-refractivity contribution in [3.05, 3.63) is 17.8 Å². The number of hydrogen-bond donors (Lipinski definition) is 2. The molecule has 1 rings (SSSR count). The molecule has 1 aromatic heterocycles. The second kappa shape index (κ2) is 7.01. The van der Waals surface area contributed by atoms with Crippen molar-refractivity contribution in [3.8, 4) is 0 Å². The fraction of sp³-hybridized carbons (Fsp3) is 0.615. The first-order valence-corrected chi connectivity index (χ1v) is 6.49. The Labute approximate surface area is 113 Å². The number of anilines is 1. The fourth-order valence-corrected chi connectivity index (χ4v) is 1.48. The monoisotopic (exact) mass is 268 g/mol. The predicted octanol–water partition coefficient (Wildman–Crippen LogP) is 1.75. The van der Waals surface area contributed by atoms with Gasteiger partial charge in [0.2, 0.25) is 5.91 Å². The highest BCUT2D eigenvalue weighted by Crippen LogP contribution is 2.14. The van der Waals surface area contributed by atoms with Crippen molar-refractivity contribution in [2.45, 2.75) is 40.2 Å². The smallest absolute Gasteiger partial charge is 0.242 e. The molecule has 0 saturated heterocycles. The first kappa shape index (κ1) is 15.3. The van der Waals surface area contributed by atoms with E-state index in [4.69, 9.17) is 0 Å². The number of carbonyl (C=O) groups excluding carboxylic acids is 1. The second-order valence-electron chi connectivity index (χ2n) is 4.84. The molecule has 0 spiro atoms. The summed E-state index contributed by atoms with van der Waals surface area (Å²) in [6, 6.07) is -0.548. The number of hydrogen-bond acceptors (Lipinski definition) is 4. The molecule has 0 aromatic carbocycles. The van der Waals surface area contributed by atoms with Crippen molar-refractivity contribution in [2.24, 2.45) is 5.92 Å². The minimum absolute atomic E-state index is 0.0686. The first-order valence-electron chi connectivity index (χ1n) is 6.49. The largest absolute Gasteiger partial charge is 0.356 e. The molecule has 0 fully saturated rings. The summed E-state index contributed by atoms with van der Waals surface area (Å²) in [7, 11) is 0. The van der Waals surface area contributed by atoms with Crippen molar-refractivity contribution in [1.29, 1.82) is 0 Å². The lowest BCUT2D eigenvalue weighted by Gasteiger charge is -2.16. The van der Waals surface area contributed by atoms with Crippen LogP contribution in [0.5, 0.6) is 0 Å². The van der Waals surface area contributed by atoms with Crippen molar-refractivity contribution in [3.63, 3.8) is 0 Å². The van der Waals surface area contributed by atoms with E-state index in [0.717, 1.165) is 0 Å². The van der Waals surface area contributed by atoms with Crippen LogP contribution in [-0.2, 0) is 11.2 Å². The molecule has 0 bridgehead atoms. The van der Waals surface area contributed by atoms with Gasteiger partial charge >= 0.3 is 0 Å². The normalized spacial score (nSPS) is 12.3. The van der Waals surface area contributed by atoms with Gasteiger partial charge in [0.25, 0.3) is 0 Å². The zero-order valence-corrected chi connectivity index (χ0v) is 11.8. The number of nitrogens with one attached hydrogen (secondary N) is 2. The third-order valence-corrected chi connectivity index (χ3v) is 2.63. The fourth-order valence-electron chi connectivity index (χ4n) is 1.48. The molecule has 0 aliphatic carbocycles. The van der Waals surface area contributed by atoms with Gasteiger partial charge in [0.1, 0.15) is 12.4 Å². The van der Waals surface area contributed by atoms with Crippen LogP contribution >= 0.6 is 0 Å². The maximum absolute atomic E-state index is 13.9. The maximum Gasteiger partial charge on any atom is 0.242 e. The Hall–Kier alpha value is -1.72. The first-order chi connectivity index (χ1) is 8.95. The molecule has 0 radical (unpaired) electrons. The van der Waals surface area contributed by atoms with E-state index in [1.165, 1.54) is 6.33 Å². The summed E-state index contributed by atoms with van der Waals surface area (Å²) in [5, 5.41) is 5.55. The molecule has 0 aliphatic rings. The van der Waals surface area contributed by atoms with Gasteiger partial charge in [-0.3, -0.25) is 4.79 Å². The molecule has 1 atom stereocenters. The summed E-state index contributed by atoms with van der Waals surface area (Å²) in [5.41, 5.74) is 0.340. The third kappa shape index (κ3) is 4.46. The Bertz CT molecular complexity index is 437. The number of aromatic nitrogens is 2. The molecular formula is C13H21FN4O.